The monoisotopic (exact) mass is 123 g/mol. The Morgan fingerprint density at radius 2 is 2.11 bits per heavy atom. The highest BCUT2D eigenvalue weighted by molar-refractivity contribution is 5.00. The molecule has 0 rings (SSSR count). The summed E-state index contributed by atoms with van der Waals surface area (Å²) in [5.74, 6) is 6.17. The molecule has 0 saturated carbocycles. The molecule has 0 atom stereocenters. The van der Waals surface area contributed by atoms with Crippen LogP contribution >= 0.6 is 0 Å². The number of rotatable bonds is 3. The van der Waals surface area contributed by atoms with Crippen LogP contribution < -0.4 is 0 Å². The van der Waals surface area contributed by atoms with Gasteiger partial charge in [0.05, 0.1) is 0 Å². The lowest BCUT2D eigenvalue weighted by Gasteiger charge is -1.82. The predicted octanol–water partition coefficient (Wildman–Crippen LogP) is 2.79. The van der Waals surface area contributed by atoms with Gasteiger partial charge in [-0.2, -0.15) is 0 Å². The SMILES string of the molecule is C[CH]CC#CCCCC. The van der Waals surface area contributed by atoms with Crippen molar-refractivity contribution in [3.8, 4) is 11.8 Å². The first-order chi connectivity index (χ1) is 4.41. The largest absolute Gasteiger partial charge is 0.103 e. The van der Waals surface area contributed by atoms with Crippen LogP contribution in [0.15, 0.2) is 0 Å². The number of unbranched alkanes of at least 4 members (excludes halogenated alkanes) is 3. The van der Waals surface area contributed by atoms with Crippen molar-refractivity contribution in [1.29, 1.82) is 0 Å². The lowest BCUT2D eigenvalue weighted by Crippen LogP contribution is -1.67. The quantitative estimate of drug-likeness (QED) is 0.400. The summed E-state index contributed by atoms with van der Waals surface area (Å²) in [4.78, 5) is 0. The van der Waals surface area contributed by atoms with Gasteiger partial charge in [0, 0.05) is 12.8 Å². The molecule has 0 N–H and O–H groups in total. The standard InChI is InChI=1S/C9H15/c1-3-5-7-9-8-6-4-2/h3H,4-6,8H2,1-2H3. The van der Waals surface area contributed by atoms with Crippen LogP contribution in [0.5, 0.6) is 0 Å². The Bertz CT molecular complexity index is 92.3. The Hall–Kier alpha value is -0.440. The van der Waals surface area contributed by atoms with E-state index in [1.165, 1.54) is 12.8 Å². The summed E-state index contributed by atoms with van der Waals surface area (Å²) in [5, 5.41) is 0. The van der Waals surface area contributed by atoms with Crippen LogP contribution in [0.2, 0.25) is 0 Å². The molecule has 9 heavy (non-hydrogen) atoms. The summed E-state index contributed by atoms with van der Waals surface area (Å²) in [6, 6.07) is 0. The van der Waals surface area contributed by atoms with Crippen molar-refractivity contribution < 1.29 is 0 Å². The fourth-order valence-corrected chi connectivity index (χ4v) is 0.528. The molecule has 0 fully saturated rings. The van der Waals surface area contributed by atoms with E-state index in [-0.39, 0.29) is 0 Å². The molecule has 0 aliphatic heterocycles. The third-order valence-corrected chi connectivity index (χ3v) is 1.09. The molecular weight excluding hydrogens is 108 g/mol. The summed E-state index contributed by atoms with van der Waals surface area (Å²) < 4.78 is 0. The van der Waals surface area contributed by atoms with E-state index in [0.29, 0.717) is 0 Å². The van der Waals surface area contributed by atoms with Crippen molar-refractivity contribution in [2.75, 3.05) is 0 Å². The maximum absolute atomic E-state index is 3.11. The second-order valence-electron chi connectivity index (χ2n) is 2.07. The van der Waals surface area contributed by atoms with Crippen molar-refractivity contribution in [2.45, 2.75) is 39.5 Å². The molecule has 0 heteroatoms. The summed E-state index contributed by atoms with van der Waals surface area (Å²) in [5.41, 5.74) is 0. The molecule has 0 aliphatic rings. The third kappa shape index (κ3) is 7.56. The van der Waals surface area contributed by atoms with Crippen molar-refractivity contribution in [1.82, 2.24) is 0 Å². The summed E-state index contributed by atoms with van der Waals surface area (Å²) >= 11 is 0. The molecule has 0 aromatic heterocycles. The minimum atomic E-state index is 0.948. The summed E-state index contributed by atoms with van der Waals surface area (Å²) in [6.07, 6.45) is 6.61. The maximum Gasteiger partial charge on any atom is 0.0117 e. The van der Waals surface area contributed by atoms with Crippen LogP contribution in [0.1, 0.15) is 39.5 Å². The van der Waals surface area contributed by atoms with Gasteiger partial charge in [-0.25, -0.2) is 0 Å². The molecule has 0 spiro atoms. The van der Waals surface area contributed by atoms with Gasteiger partial charge in [0.15, 0.2) is 0 Å². The average Bonchev–Trinajstić information content (AvgIpc) is 1.89. The molecule has 0 aliphatic carbocycles. The number of hydrogen-bond acceptors (Lipinski definition) is 0. The van der Waals surface area contributed by atoms with Gasteiger partial charge < -0.3 is 0 Å². The van der Waals surface area contributed by atoms with Crippen LogP contribution in [0.3, 0.4) is 0 Å². The van der Waals surface area contributed by atoms with Gasteiger partial charge in [0.25, 0.3) is 0 Å². The van der Waals surface area contributed by atoms with Crippen molar-refractivity contribution in [3.63, 3.8) is 0 Å². The molecule has 0 amide bonds. The lowest BCUT2D eigenvalue weighted by atomic mass is 10.2. The van der Waals surface area contributed by atoms with E-state index in [1.54, 1.807) is 0 Å². The van der Waals surface area contributed by atoms with Gasteiger partial charge in [0.2, 0.25) is 0 Å². The zero-order valence-electron chi connectivity index (χ0n) is 6.41. The van der Waals surface area contributed by atoms with Crippen molar-refractivity contribution >= 4 is 0 Å². The molecule has 0 aromatic rings. The Morgan fingerprint density at radius 1 is 1.33 bits per heavy atom. The van der Waals surface area contributed by atoms with Crippen LogP contribution in [0.4, 0.5) is 0 Å². The zero-order valence-corrected chi connectivity index (χ0v) is 6.41. The first kappa shape index (κ1) is 8.56. The molecule has 0 bridgehead atoms. The molecule has 0 nitrogen and oxygen atoms in total. The lowest BCUT2D eigenvalue weighted by molar-refractivity contribution is 0.827. The molecule has 0 heterocycles. The number of hydrogen-bond donors (Lipinski definition) is 0. The second-order valence-corrected chi connectivity index (χ2v) is 2.07. The van der Waals surface area contributed by atoms with E-state index in [9.17, 15) is 0 Å². The molecule has 0 aromatic carbocycles. The predicted molar refractivity (Wildman–Crippen MR) is 41.9 cm³/mol. The zero-order chi connectivity index (χ0) is 6.95. The van der Waals surface area contributed by atoms with E-state index >= 15 is 0 Å². The topological polar surface area (TPSA) is 0 Å². The molecular formula is C9H15. The van der Waals surface area contributed by atoms with Crippen molar-refractivity contribution in [2.24, 2.45) is 0 Å². The molecule has 0 saturated heterocycles. The minimum Gasteiger partial charge on any atom is -0.103 e. The van der Waals surface area contributed by atoms with E-state index < -0.39 is 0 Å². The van der Waals surface area contributed by atoms with E-state index in [4.69, 9.17) is 0 Å². The summed E-state index contributed by atoms with van der Waals surface area (Å²) in [7, 11) is 0. The van der Waals surface area contributed by atoms with Gasteiger partial charge in [-0.1, -0.05) is 20.3 Å². The molecule has 1 radical (unpaired) electrons. The highest BCUT2D eigenvalue weighted by atomic mass is 13.8. The van der Waals surface area contributed by atoms with Crippen LogP contribution in [-0.4, -0.2) is 0 Å². The van der Waals surface area contributed by atoms with Gasteiger partial charge in [-0.15, -0.1) is 11.8 Å². The van der Waals surface area contributed by atoms with Crippen LogP contribution in [-0.2, 0) is 0 Å². The minimum absolute atomic E-state index is 0.948. The fourth-order valence-electron chi connectivity index (χ4n) is 0.528. The normalized spacial score (nSPS) is 8.22. The smallest absolute Gasteiger partial charge is 0.0117 e. The fraction of sp³-hybridized carbons (Fsp3) is 0.667. The van der Waals surface area contributed by atoms with Gasteiger partial charge in [-0.3, -0.25) is 0 Å². The van der Waals surface area contributed by atoms with E-state index in [1.807, 2.05) is 6.92 Å². The Labute approximate surface area is 58.7 Å². The Kier molecular flexibility index (Phi) is 7.19. The first-order valence-corrected chi connectivity index (χ1v) is 3.65. The van der Waals surface area contributed by atoms with Crippen molar-refractivity contribution in [3.05, 3.63) is 6.42 Å². The average molecular weight is 123 g/mol. The van der Waals surface area contributed by atoms with Crippen LogP contribution in [0.25, 0.3) is 0 Å². The van der Waals surface area contributed by atoms with E-state index in [2.05, 4.69) is 25.2 Å². The first-order valence-electron chi connectivity index (χ1n) is 3.65. The molecule has 51 valence electrons. The Balaban J connectivity index is 2.96. The van der Waals surface area contributed by atoms with Gasteiger partial charge in [0.1, 0.15) is 0 Å². The Morgan fingerprint density at radius 3 is 2.67 bits per heavy atom. The highest BCUT2D eigenvalue weighted by Crippen LogP contribution is 1.91. The van der Waals surface area contributed by atoms with Gasteiger partial charge in [-0.05, 0) is 12.8 Å². The molecule has 0 unspecified atom stereocenters. The maximum atomic E-state index is 3.11. The summed E-state index contributed by atoms with van der Waals surface area (Å²) in [6.45, 7) is 4.22. The van der Waals surface area contributed by atoms with Crippen LogP contribution in [0, 0.1) is 18.3 Å². The highest BCUT2D eigenvalue weighted by Gasteiger charge is 1.75. The third-order valence-electron chi connectivity index (χ3n) is 1.09. The second kappa shape index (κ2) is 7.56. The van der Waals surface area contributed by atoms with Gasteiger partial charge >= 0.3 is 0 Å². The van der Waals surface area contributed by atoms with E-state index in [0.717, 1.165) is 12.8 Å².